The lowest BCUT2D eigenvalue weighted by Crippen LogP contribution is -2.37. The number of carbonyl (C=O) groups excluding carboxylic acids is 2. The monoisotopic (exact) mass is 355 g/mol. The number of nitrogens with zero attached hydrogens (tertiary/aromatic N) is 1. The number of hydrogen-bond acceptors (Lipinski definition) is 5. The highest BCUT2D eigenvalue weighted by molar-refractivity contribution is 6.35. The van der Waals surface area contributed by atoms with Gasteiger partial charge in [-0.3, -0.25) is 9.59 Å². The topological polar surface area (TPSA) is 89.0 Å². The van der Waals surface area contributed by atoms with E-state index in [1.54, 1.807) is 25.3 Å². The van der Waals surface area contributed by atoms with Gasteiger partial charge in [0, 0.05) is 6.54 Å². The van der Waals surface area contributed by atoms with E-state index >= 15 is 0 Å². The van der Waals surface area contributed by atoms with E-state index in [0.717, 1.165) is 11.1 Å². The van der Waals surface area contributed by atoms with Gasteiger partial charge in [0.2, 0.25) is 0 Å². The fourth-order valence-corrected chi connectivity index (χ4v) is 2.12. The average molecular weight is 355 g/mol. The molecule has 26 heavy (non-hydrogen) atoms. The third-order valence-electron chi connectivity index (χ3n) is 3.57. The molecule has 0 aromatic heterocycles. The molecule has 7 heteroatoms. The van der Waals surface area contributed by atoms with Gasteiger partial charge >= 0.3 is 11.8 Å². The Morgan fingerprint density at radius 3 is 2.35 bits per heavy atom. The molecule has 0 atom stereocenters. The molecule has 0 unspecified atom stereocenters. The van der Waals surface area contributed by atoms with Crippen LogP contribution in [0.2, 0.25) is 0 Å². The summed E-state index contributed by atoms with van der Waals surface area (Å²) in [5.41, 5.74) is 4.91. The minimum atomic E-state index is -0.839. The molecule has 2 aromatic carbocycles. The van der Waals surface area contributed by atoms with E-state index in [0.29, 0.717) is 17.1 Å². The van der Waals surface area contributed by atoms with Crippen molar-refractivity contribution in [3.63, 3.8) is 0 Å². The number of hydrazone groups is 1. The van der Waals surface area contributed by atoms with Gasteiger partial charge in [0.1, 0.15) is 0 Å². The van der Waals surface area contributed by atoms with Gasteiger partial charge < -0.3 is 14.8 Å². The summed E-state index contributed by atoms with van der Waals surface area (Å²) in [7, 11) is 3.07. The molecule has 2 amide bonds. The van der Waals surface area contributed by atoms with Crippen molar-refractivity contribution < 1.29 is 19.1 Å². The number of nitrogens with one attached hydrogen (secondary N) is 2. The highest BCUT2D eigenvalue weighted by atomic mass is 16.5. The van der Waals surface area contributed by atoms with Crippen LogP contribution in [0.25, 0.3) is 0 Å². The van der Waals surface area contributed by atoms with Crippen molar-refractivity contribution in [1.82, 2.24) is 10.7 Å². The molecular formula is C19H21N3O4. The first kappa shape index (κ1) is 19.0. The van der Waals surface area contributed by atoms with E-state index in [9.17, 15) is 9.59 Å². The summed E-state index contributed by atoms with van der Waals surface area (Å²) < 4.78 is 10.3. The lowest BCUT2D eigenvalue weighted by atomic mass is 10.1. The molecule has 2 aromatic rings. The zero-order valence-corrected chi connectivity index (χ0v) is 14.9. The Kier molecular flexibility index (Phi) is 6.73. The van der Waals surface area contributed by atoms with Crippen molar-refractivity contribution in [2.45, 2.75) is 13.5 Å². The first-order chi connectivity index (χ1) is 12.5. The summed E-state index contributed by atoms with van der Waals surface area (Å²) >= 11 is 0. The first-order valence-electron chi connectivity index (χ1n) is 7.92. The van der Waals surface area contributed by atoms with Crippen molar-refractivity contribution in [3.05, 3.63) is 59.2 Å². The van der Waals surface area contributed by atoms with Gasteiger partial charge in [0.15, 0.2) is 11.5 Å². The summed E-state index contributed by atoms with van der Waals surface area (Å²) in [5.74, 6) is -0.466. The fraction of sp³-hybridized carbons (Fsp3) is 0.211. The van der Waals surface area contributed by atoms with Gasteiger partial charge in [0.25, 0.3) is 0 Å². The van der Waals surface area contributed by atoms with Crippen molar-refractivity contribution >= 4 is 18.0 Å². The third kappa shape index (κ3) is 5.34. The number of rotatable bonds is 6. The van der Waals surface area contributed by atoms with E-state index in [2.05, 4.69) is 15.8 Å². The van der Waals surface area contributed by atoms with Crippen LogP contribution >= 0.6 is 0 Å². The van der Waals surface area contributed by atoms with Gasteiger partial charge in [-0.15, -0.1) is 0 Å². The summed E-state index contributed by atoms with van der Waals surface area (Å²) in [6.45, 7) is 2.25. The molecular weight excluding hydrogens is 334 g/mol. The smallest absolute Gasteiger partial charge is 0.329 e. The lowest BCUT2D eigenvalue weighted by molar-refractivity contribution is -0.139. The lowest BCUT2D eigenvalue weighted by Gasteiger charge is -2.07. The maximum absolute atomic E-state index is 11.8. The van der Waals surface area contributed by atoms with Gasteiger partial charge in [-0.1, -0.05) is 29.8 Å². The Hall–Kier alpha value is -3.35. The average Bonchev–Trinajstić information content (AvgIpc) is 2.67. The Balaban J connectivity index is 1.86. The van der Waals surface area contributed by atoms with Crippen LogP contribution in [-0.2, 0) is 16.1 Å². The van der Waals surface area contributed by atoms with Gasteiger partial charge in [-0.05, 0) is 36.2 Å². The van der Waals surface area contributed by atoms with Crippen LogP contribution in [0.5, 0.6) is 11.5 Å². The number of amides is 2. The molecule has 0 fully saturated rings. The second kappa shape index (κ2) is 9.22. The maximum Gasteiger partial charge on any atom is 0.329 e. The zero-order valence-electron chi connectivity index (χ0n) is 14.9. The van der Waals surface area contributed by atoms with Crippen molar-refractivity contribution in [2.24, 2.45) is 5.10 Å². The predicted octanol–water partition coefficient (Wildman–Crippen LogP) is 1.78. The fourth-order valence-electron chi connectivity index (χ4n) is 2.12. The van der Waals surface area contributed by atoms with E-state index in [4.69, 9.17) is 9.47 Å². The van der Waals surface area contributed by atoms with Crippen LogP contribution in [-0.4, -0.2) is 32.2 Å². The second-order valence-electron chi connectivity index (χ2n) is 5.48. The highest BCUT2D eigenvalue weighted by Crippen LogP contribution is 2.26. The molecule has 2 N–H and O–H groups in total. The molecule has 0 radical (unpaired) electrons. The number of benzene rings is 2. The van der Waals surface area contributed by atoms with Crippen LogP contribution in [0.1, 0.15) is 16.7 Å². The van der Waals surface area contributed by atoms with Gasteiger partial charge in [-0.2, -0.15) is 5.10 Å². The zero-order chi connectivity index (χ0) is 18.9. The van der Waals surface area contributed by atoms with Crippen LogP contribution in [0.3, 0.4) is 0 Å². The molecule has 0 aliphatic carbocycles. The molecule has 0 aliphatic rings. The van der Waals surface area contributed by atoms with Gasteiger partial charge in [0.05, 0.1) is 20.4 Å². The normalized spacial score (nSPS) is 10.4. The molecule has 2 rings (SSSR count). The Morgan fingerprint density at radius 2 is 1.69 bits per heavy atom. The molecule has 0 aliphatic heterocycles. The summed E-state index contributed by atoms with van der Waals surface area (Å²) in [6.07, 6.45) is 1.41. The molecule has 0 saturated heterocycles. The number of aryl methyl sites for hydroxylation is 1. The Bertz CT molecular complexity index is 801. The van der Waals surface area contributed by atoms with E-state index in [1.807, 2.05) is 31.2 Å². The molecule has 0 heterocycles. The second-order valence-corrected chi connectivity index (χ2v) is 5.48. The first-order valence-corrected chi connectivity index (χ1v) is 7.92. The van der Waals surface area contributed by atoms with Crippen LogP contribution in [0, 0.1) is 6.92 Å². The Morgan fingerprint density at radius 1 is 1.00 bits per heavy atom. The SMILES string of the molecule is COc1ccc(/C=N/NC(=O)C(=O)NCc2ccc(C)cc2)cc1OC. The van der Waals surface area contributed by atoms with E-state index in [1.165, 1.54) is 13.3 Å². The minimum absolute atomic E-state index is 0.270. The number of carbonyl (C=O) groups is 2. The van der Waals surface area contributed by atoms with Crippen molar-refractivity contribution in [3.8, 4) is 11.5 Å². The molecule has 0 spiro atoms. The summed E-state index contributed by atoms with van der Waals surface area (Å²) in [5, 5.41) is 6.32. The predicted molar refractivity (Wildman–Crippen MR) is 98.3 cm³/mol. The highest BCUT2D eigenvalue weighted by Gasteiger charge is 2.12. The maximum atomic E-state index is 11.8. The number of ether oxygens (including phenoxy) is 2. The standard InChI is InChI=1S/C19H21N3O4/c1-13-4-6-14(7-5-13)11-20-18(23)19(24)22-21-12-15-8-9-16(25-2)17(10-15)26-3/h4-10,12H,11H2,1-3H3,(H,20,23)(H,22,24)/b21-12+. The summed E-state index contributed by atoms with van der Waals surface area (Å²) in [6, 6.07) is 12.8. The van der Waals surface area contributed by atoms with Crippen LogP contribution in [0.4, 0.5) is 0 Å². The van der Waals surface area contributed by atoms with Crippen LogP contribution in [0.15, 0.2) is 47.6 Å². The van der Waals surface area contributed by atoms with E-state index in [-0.39, 0.29) is 6.54 Å². The van der Waals surface area contributed by atoms with Crippen molar-refractivity contribution in [2.75, 3.05) is 14.2 Å². The number of hydrogen-bond donors (Lipinski definition) is 2. The molecule has 0 bridgehead atoms. The van der Waals surface area contributed by atoms with Crippen LogP contribution < -0.4 is 20.2 Å². The summed E-state index contributed by atoms with van der Waals surface area (Å²) in [4.78, 5) is 23.5. The third-order valence-corrected chi connectivity index (χ3v) is 3.57. The van der Waals surface area contributed by atoms with E-state index < -0.39 is 11.8 Å². The van der Waals surface area contributed by atoms with Crippen molar-refractivity contribution in [1.29, 1.82) is 0 Å². The number of methoxy groups -OCH3 is 2. The minimum Gasteiger partial charge on any atom is -0.493 e. The molecule has 0 saturated carbocycles. The largest absolute Gasteiger partial charge is 0.493 e. The Labute approximate surface area is 152 Å². The van der Waals surface area contributed by atoms with Gasteiger partial charge in [-0.25, -0.2) is 5.43 Å². The molecule has 7 nitrogen and oxygen atoms in total. The quantitative estimate of drug-likeness (QED) is 0.470. The molecule has 136 valence electrons.